The number of rotatable bonds is 8. The number of aliphatic imine (C=N–C) groups is 1. The number of carbonyl (C=O) groups excluding carboxylic acids is 1. The highest BCUT2D eigenvalue weighted by Crippen LogP contribution is 2.27. The van der Waals surface area contributed by atoms with Crippen LogP contribution in [-0.2, 0) is 11.2 Å². The molecular formula is C19H32N4O3. The first-order valence-corrected chi connectivity index (χ1v) is 8.83. The summed E-state index contributed by atoms with van der Waals surface area (Å²) in [4.78, 5) is 16.2. The van der Waals surface area contributed by atoms with E-state index in [0.29, 0.717) is 24.0 Å². The first-order valence-electron chi connectivity index (χ1n) is 8.83. The predicted molar refractivity (Wildman–Crippen MR) is 105 cm³/mol. The summed E-state index contributed by atoms with van der Waals surface area (Å²) in [5.74, 6) is 1.94. The second-order valence-corrected chi connectivity index (χ2v) is 6.86. The minimum atomic E-state index is -0.258. The molecule has 0 saturated heterocycles. The van der Waals surface area contributed by atoms with Gasteiger partial charge in [0.25, 0.3) is 0 Å². The van der Waals surface area contributed by atoms with Gasteiger partial charge in [0.2, 0.25) is 5.91 Å². The molecule has 0 radical (unpaired) electrons. The van der Waals surface area contributed by atoms with Crippen molar-refractivity contribution in [3.63, 3.8) is 0 Å². The zero-order valence-corrected chi connectivity index (χ0v) is 16.7. The molecule has 0 saturated carbocycles. The van der Waals surface area contributed by atoms with Gasteiger partial charge >= 0.3 is 0 Å². The summed E-state index contributed by atoms with van der Waals surface area (Å²) in [5, 5.41) is 9.28. The lowest BCUT2D eigenvalue weighted by Crippen LogP contribution is -2.43. The predicted octanol–water partition coefficient (Wildman–Crippen LogP) is 1.72. The van der Waals surface area contributed by atoms with Crippen LogP contribution in [0, 0.1) is 0 Å². The third-order valence-corrected chi connectivity index (χ3v) is 3.39. The molecule has 0 fully saturated rings. The Hall–Kier alpha value is -2.44. The summed E-state index contributed by atoms with van der Waals surface area (Å²) < 4.78 is 10.6. The smallest absolute Gasteiger partial charge is 0.242 e. The van der Waals surface area contributed by atoms with Crippen molar-refractivity contribution in [2.24, 2.45) is 4.99 Å². The zero-order valence-electron chi connectivity index (χ0n) is 16.7. The molecule has 1 rings (SSSR count). The Morgan fingerprint density at radius 1 is 1.12 bits per heavy atom. The van der Waals surface area contributed by atoms with Crippen molar-refractivity contribution in [3.05, 3.63) is 23.8 Å². The maximum Gasteiger partial charge on any atom is 0.242 e. The summed E-state index contributed by atoms with van der Waals surface area (Å²) in [6.45, 7) is 9.32. The Balaban J connectivity index is 2.58. The summed E-state index contributed by atoms with van der Waals surface area (Å²) in [6, 6.07) is 5.86. The van der Waals surface area contributed by atoms with Gasteiger partial charge in [-0.2, -0.15) is 0 Å². The highest BCUT2D eigenvalue weighted by molar-refractivity contribution is 5.85. The number of hydrogen-bond acceptors (Lipinski definition) is 4. The molecule has 3 N–H and O–H groups in total. The molecule has 0 aliphatic carbocycles. The topological polar surface area (TPSA) is 84.0 Å². The highest BCUT2D eigenvalue weighted by Gasteiger charge is 2.13. The van der Waals surface area contributed by atoms with Crippen LogP contribution in [0.5, 0.6) is 11.5 Å². The van der Waals surface area contributed by atoms with Gasteiger partial charge in [-0.15, -0.1) is 0 Å². The van der Waals surface area contributed by atoms with Crippen LogP contribution in [-0.4, -0.2) is 51.3 Å². The van der Waals surface area contributed by atoms with E-state index in [4.69, 9.17) is 9.47 Å². The van der Waals surface area contributed by atoms with E-state index in [1.54, 1.807) is 14.2 Å². The third-order valence-electron chi connectivity index (χ3n) is 3.39. The van der Waals surface area contributed by atoms with E-state index >= 15 is 0 Å². The number of nitrogens with zero attached hydrogens (tertiary/aromatic N) is 1. The second kappa shape index (κ2) is 10.5. The number of hydrogen-bond donors (Lipinski definition) is 3. The molecule has 7 heteroatoms. The second-order valence-electron chi connectivity index (χ2n) is 6.86. The largest absolute Gasteiger partial charge is 0.493 e. The Kier molecular flexibility index (Phi) is 8.75. The lowest BCUT2D eigenvalue weighted by Gasteiger charge is -2.20. The fourth-order valence-electron chi connectivity index (χ4n) is 2.31. The monoisotopic (exact) mass is 364 g/mol. The molecule has 1 amide bonds. The molecule has 7 nitrogen and oxygen atoms in total. The lowest BCUT2D eigenvalue weighted by atomic mass is 10.1. The van der Waals surface area contributed by atoms with E-state index < -0.39 is 0 Å². The fourth-order valence-corrected chi connectivity index (χ4v) is 2.31. The van der Waals surface area contributed by atoms with Crippen molar-refractivity contribution >= 4 is 11.9 Å². The summed E-state index contributed by atoms with van der Waals surface area (Å²) in [7, 11) is 3.24. The average Bonchev–Trinajstić information content (AvgIpc) is 2.58. The molecule has 26 heavy (non-hydrogen) atoms. The molecule has 0 atom stereocenters. The number of guanidine groups is 1. The van der Waals surface area contributed by atoms with Crippen LogP contribution < -0.4 is 25.4 Å². The van der Waals surface area contributed by atoms with Crippen molar-refractivity contribution < 1.29 is 14.3 Å². The quantitative estimate of drug-likeness (QED) is 0.483. The Bertz CT molecular complexity index is 609. The van der Waals surface area contributed by atoms with Crippen LogP contribution in [0.1, 0.15) is 33.3 Å². The Morgan fingerprint density at radius 2 is 1.81 bits per heavy atom. The van der Waals surface area contributed by atoms with E-state index in [9.17, 15) is 4.79 Å². The van der Waals surface area contributed by atoms with Gasteiger partial charge in [0, 0.05) is 18.6 Å². The summed E-state index contributed by atoms with van der Waals surface area (Å²) in [5.41, 5.74) is 0.864. The van der Waals surface area contributed by atoms with Gasteiger partial charge < -0.3 is 25.4 Å². The fraction of sp³-hybridized carbons (Fsp3) is 0.579. The number of methoxy groups -OCH3 is 2. The normalized spacial score (nSPS) is 11.7. The van der Waals surface area contributed by atoms with Gasteiger partial charge in [-0.1, -0.05) is 6.07 Å². The van der Waals surface area contributed by atoms with Crippen LogP contribution in [0.2, 0.25) is 0 Å². The van der Waals surface area contributed by atoms with Crippen molar-refractivity contribution in [3.8, 4) is 11.5 Å². The first kappa shape index (κ1) is 21.6. The Labute approximate surface area is 156 Å². The molecule has 0 bridgehead atoms. The zero-order chi connectivity index (χ0) is 19.6. The number of benzene rings is 1. The lowest BCUT2D eigenvalue weighted by molar-refractivity contribution is -0.121. The van der Waals surface area contributed by atoms with Gasteiger partial charge in [-0.3, -0.25) is 4.79 Å². The summed E-state index contributed by atoms with van der Waals surface area (Å²) >= 11 is 0. The third kappa shape index (κ3) is 8.09. The van der Waals surface area contributed by atoms with Crippen LogP contribution in [0.25, 0.3) is 0 Å². The van der Waals surface area contributed by atoms with Gasteiger partial charge in [-0.05, 0) is 51.8 Å². The number of amides is 1. The molecule has 0 aromatic heterocycles. The molecule has 1 aromatic carbocycles. The van der Waals surface area contributed by atoms with Crippen LogP contribution in [0.4, 0.5) is 0 Å². The molecule has 0 spiro atoms. The van der Waals surface area contributed by atoms with E-state index in [-0.39, 0.29) is 18.0 Å². The molecule has 0 aliphatic rings. The van der Waals surface area contributed by atoms with Crippen molar-refractivity contribution in [1.29, 1.82) is 0 Å². The van der Waals surface area contributed by atoms with Crippen LogP contribution >= 0.6 is 0 Å². The number of carbonyl (C=O) groups is 1. The standard InChI is InChI=1S/C19H32N4O3/c1-7-20-18(22-13-17(24)23-19(2,3)4)21-11-10-14-8-9-15(25-5)16(12-14)26-6/h8-9,12H,7,10-11,13H2,1-6H3,(H,23,24)(H2,20,21,22). The van der Waals surface area contributed by atoms with Crippen LogP contribution in [0.15, 0.2) is 23.2 Å². The van der Waals surface area contributed by atoms with Gasteiger partial charge in [0.15, 0.2) is 17.5 Å². The molecule has 1 aromatic rings. The van der Waals surface area contributed by atoms with Gasteiger partial charge in [-0.25, -0.2) is 4.99 Å². The molecular weight excluding hydrogens is 332 g/mol. The van der Waals surface area contributed by atoms with E-state index in [2.05, 4.69) is 20.9 Å². The maximum absolute atomic E-state index is 11.9. The summed E-state index contributed by atoms with van der Waals surface area (Å²) in [6.07, 6.45) is 0.791. The SMILES string of the molecule is CCNC(=NCC(=O)NC(C)(C)C)NCCc1ccc(OC)c(OC)c1. The minimum Gasteiger partial charge on any atom is -0.493 e. The number of ether oxygens (including phenoxy) is 2. The van der Waals surface area contributed by atoms with Gasteiger partial charge in [0.05, 0.1) is 14.2 Å². The number of nitrogens with one attached hydrogen (secondary N) is 3. The van der Waals surface area contributed by atoms with Crippen molar-refractivity contribution in [2.45, 2.75) is 39.7 Å². The van der Waals surface area contributed by atoms with Gasteiger partial charge in [0.1, 0.15) is 6.54 Å². The minimum absolute atomic E-state index is 0.0863. The van der Waals surface area contributed by atoms with Crippen LogP contribution in [0.3, 0.4) is 0 Å². The molecule has 0 heterocycles. The molecule has 0 aliphatic heterocycles. The van der Waals surface area contributed by atoms with E-state index in [1.165, 1.54) is 0 Å². The van der Waals surface area contributed by atoms with Crippen molar-refractivity contribution in [1.82, 2.24) is 16.0 Å². The molecule has 146 valence electrons. The maximum atomic E-state index is 11.9. The highest BCUT2D eigenvalue weighted by atomic mass is 16.5. The molecule has 0 unspecified atom stereocenters. The van der Waals surface area contributed by atoms with Crippen molar-refractivity contribution in [2.75, 3.05) is 33.9 Å². The van der Waals surface area contributed by atoms with E-state index in [0.717, 1.165) is 18.5 Å². The van der Waals surface area contributed by atoms with E-state index in [1.807, 2.05) is 45.9 Å². The average molecular weight is 364 g/mol. The first-order chi connectivity index (χ1) is 12.3. The Morgan fingerprint density at radius 3 is 2.38 bits per heavy atom.